The molecule has 0 radical (unpaired) electrons. The molecular weight excluding hydrogens is 224 g/mol. The highest BCUT2D eigenvalue weighted by molar-refractivity contribution is 5.41. The molecule has 1 unspecified atom stereocenters. The summed E-state index contributed by atoms with van der Waals surface area (Å²) in [6, 6.07) is 0. The molecule has 0 aliphatic rings. The van der Waals surface area contributed by atoms with E-state index < -0.39 is 0 Å². The second-order valence-corrected chi connectivity index (χ2v) is 6.05. The van der Waals surface area contributed by atoms with Crippen LogP contribution < -0.4 is 10.5 Å². The number of nitrogens with two attached hydrogens (primary N) is 1. The lowest BCUT2D eigenvalue weighted by molar-refractivity contribution is 0.243. The van der Waals surface area contributed by atoms with E-state index in [0.717, 1.165) is 29.0 Å². The van der Waals surface area contributed by atoms with Gasteiger partial charge in [0.25, 0.3) is 0 Å². The average molecular weight is 250 g/mol. The van der Waals surface area contributed by atoms with Crippen molar-refractivity contribution >= 4 is 0 Å². The van der Waals surface area contributed by atoms with Crippen LogP contribution in [0.25, 0.3) is 0 Å². The number of aromatic nitrogens is 1. The van der Waals surface area contributed by atoms with Crippen LogP contribution in [0.5, 0.6) is 5.75 Å². The molecule has 0 saturated carbocycles. The molecule has 0 fully saturated rings. The molecule has 2 N–H and O–H groups in total. The summed E-state index contributed by atoms with van der Waals surface area (Å²) in [7, 11) is 1.71. The van der Waals surface area contributed by atoms with Crippen molar-refractivity contribution in [2.24, 2.45) is 17.1 Å². The van der Waals surface area contributed by atoms with Gasteiger partial charge in [0.1, 0.15) is 5.75 Å². The van der Waals surface area contributed by atoms with Crippen LogP contribution in [-0.2, 0) is 6.42 Å². The van der Waals surface area contributed by atoms with Crippen molar-refractivity contribution in [3.63, 3.8) is 0 Å². The zero-order valence-electron chi connectivity index (χ0n) is 12.5. The number of ether oxygens (including phenoxy) is 1. The molecule has 0 saturated heterocycles. The monoisotopic (exact) mass is 250 g/mol. The molecule has 0 aliphatic heterocycles. The Labute approximate surface area is 111 Å². The summed E-state index contributed by atoms with van der Waals surface area (Å²) in [5.74, 6) is 1.38. The molecule has 0 aliphatic carbocycles. The fourth-order valence-corrected chi connectivity index (χ4v) is 2.25. The minimum atomic E-state index is 0.195. The summed E-state index contributed by atoms with van der Waals surface area (Å²) in [5, 5.41) is 0. The molecule has 3 nitrogen and oxygen atoms in total. The van der Waals surface area contributed by atoms with Crippen LogP contribution in [0.3, 0.4) is 0 Å². The van der Waals surface area contributed by atoms with E-state index in [4.69, 9.17) is 10.5 Å². The number of aryl methyl sites for hydroxylation is 1. The first kappa shape index (κ1) is 15.0. The van der Waals surface area contributed by atoms with Crippen LogP contribution in [0.2, 0.25) is 0 Å². The summed E-state index contributed by atoms with van der Waals surface area (Å²) >= 11 is 0. The van der Waals surface area contributed by atoms with E-state index in [2.05, 4.69) is 32.7 Å². The minimum Gasteiger partial charge on any atom is -0.496 e. The van der Waals surface area contributed by atoms with Gasteiger partial charge in [0, 0.05) is 23.0 Å². The minimum absolute atomic E-state index is 0.195. The molecule has 0 amide bonds. The maximum absolute atomic E-state index is 5.90. The largest absolute Gasteiger partial charge is 0.496 e. The lowest BCUT2D eigenvalue weighted by Crippen LogP contribution is -2.30. The molecule has 102 valence electrons. The molecule has 1 heterocycles. The maximum Gasteiger partial charge on any atom is 0.128 e. The Hall–Kier alpha value is -1.09. The number of hydrogen-bond acceptors (Lipinski definition) is 3. The Morgan fingerprint density at radius 3 is 2.39 bits per heavy atom. The van der Waals surface area contributed by atoms with Crippen molar-refractivity contribution in [2.75, 3.05) is 13.7 Å². The van der Waals surface area contributed by atoms with Gasteiger partial charge in [0.05, 0.1) is 7.11 Å². The van der Waals surface area contributed by atoms with E-state index in [0.29, 0.717) is 12.5 Å². The molecule has 1 aromatic heterocycles. The molecule has 1 atom stereocenters. The van der Waals surface area contributed by atoms with Crippen LogP contribution in [0.1, 0.15) is 37.6 Å². The number of nitrogens with zero attached hydrogens (tertiary/aromatic N) is 1. The third-order valence-electron chi connectivity index (χ3n) is 3.70. The first-order valence-electron chi connectivity index (χ1n) is 6.50. The second-order valence-electron chi connectivity index (χ2n) is 6.05. The topological polar surface area (TPSA) is 48.1 Å². The van der Waals surface area contributed by atoms with E-state index >= 15 is 0 Å². The molecule has 0 spiro atoms. The SMILES string of the molecule is COc1c(C)cnc(CC(CN)C(C)(C)C)c1C. The van der Waals surface area contributed by atoms with Crippen molar-refractivity contribution in [3.8, 4) is 5.75 Å². The summed E-state index contributed by atoms with van der Waals surface area (Å²) in [6.45, 7) is 11.5. The normalized spacial score (nSPS) is 13.5. The van der Waals surface area contributed by atoms with Gasteiger partial charge in [-0.15, -0.1) is 0 Å². The van der Waals surface area contributed by atoms with Gasteiger partial charge in [-0.25, -0.2) is 0 Å². The standard InChI is InChI=1S/C15H26N2O/c1-10-9-17-13(11(2)14(10)18-6)7-12(8-16)15(3,4)5/h9,12H,7-8,16H2,1-6H3. The van der Waals surface area contributed by atoms with E-state index in [-0.39, 0.29) is 5.41 Å². The number of hydrogen-bond donors (Lipinski definition) is 1. The van der Waals surface area contributed by atoms with Gasteiger partial charge in [0.2, 0.25) is 0 Å². The van der Waals surface area contributed by atoms with Gasteiger partial charge in [-0.3, -0.25) is 4.98 Å². The smallest absolute Gasteiger partial charge is 0.128 e. The van der Waals surface area contributed by atoms with Gasteiger partial charge in [-0.05, 0) is 38.1 Å². The Kier molecular flexibility index (Phi) is 4.74. The first-order chi connectivity index (χ1) is 8.31. The summed E-state index contributed by atoms with van der Waals surface area (Å²) in [5.41, 5.74) is 9.41. The second kappa shape index (κ2) is 5.70. The Balaban J connectivity index is 3.05. The summed E-state index contributed by atoms with van der Waals surface area (Å²) in [4.78, 5) is 4.55. The van der Waals surface area contributed by atoms with E-state index in [1.807, 2.05) is 13.1 Å². The fraction of sp³-hybridized carbons (Fsp3) is 0.667. The highest BCUT2D eigenvalue weighted by atomic mass is 16.5. The Bertz CT molecular complexity index is 408. The predicted octanol–water partition coefficient (Wildman–Crippen LogP) is 2.87. The van der Waals surface area contributed by atoms with E-state index in [1.165, 1.54) is 0 Å². The molecule has 3 heteroatoms. The van der Waals surface area contributed by atoms with Crippen LogP contribution in [-0.4, -0.2) is 18.6 Å². The highest BCUT2D eigenvalue weighted by Gasteiger charge is 2.25. The molecule has 0 bridgehead atoms. The highest BCUT2D eigenvalue weighted by Crippen LogP contribution is 2.31. The lowest BCUT2D eigenvalue weighted by Gasteiger charge is -2.30. The van der Waals surface area contributed by atoms with Crippen LogP contribution >= 0.6 is 0 Å². The van der Waals surface area contributed by atoms with Gasteiger partial charge < -0.3 is 10.5 Å². The predicted molar refractivity (Wildman–Crippen MR) is 76.0 cm³/mol. The first-order valence-corrected chi connectivity index (χ1v) is 6.50. The number of pyridine rings is 1. The molecule has 18 heavy (non-hydrogen) atoms. The van der Waals surface area contributed by atoms with Gasteiger partial charge in [0.15, 0.2) is 0 Å². The Morgan fingerprint density at radius 2 is 1.94 bits per heavy atom. The zero-order valence-corrected chi connectivity index (χ0v) is 12.5. The average Bonchev–Trinajstić information content (AvgIpc) is 2.27. The van der Waals surface area contributed by atoms with Gasteiger partial charge in [-0.2, -0.15) is 0 Å². The van der Waals surface area contributed by atoms with Crippen molar-refractivity contribution in [1.82, 2.24) is 4.98 Å². The van der Waals surface area contributed by atoms with Crippen LogP contribution in [0.15, 0.2) is 6.20 Å². The fourth-order valence-electron chi connectivity index (χ4n) is 2.25. The lowest BCUT2D eigenvalue weighted by atomic mass is 9.77. The van der Waals surface area contributed by atoms with E-state index in [9.17, 15) is 0 Å². The van der Waals surface area contributed by atoms with Crippen molar-refractivity contribution in [2.45, 2.75) is 41.0 Å². The number of rotatable bonds is 4. The number of methoxy groups -OCH3 is 1. The molecule has 1 rings (SSSR count). The van der Waals surface area contributed by atoms with Crippen molar-refractivity contribution < 1.29 is 4.74 Å². The third-order valence-corrected chi connectivity index (χ3v) is 3.70. The Morgan fingerprint density at radius 1 is 1.33 bits per heavy atom. The van der Waals surface area contributed by atoms with Crippen LogP contribution in [0.4, 0.5) is 0 Å². The quantitative estimate of drug-likeness (QED) is 0.894. The van der Waals surface area contributed by atoms with Crippen molar-refractivity contribution in [1.29, 1.82) is 0 Å². The van der Waals surface area contributed by atoms with E-state index in [1.54, 1.807) is 7.11 Å². The van der Waals surface area contributed by atoms with Gasteiger partial charge >= 0.3 is 0 Å². The zero-order chi connectivity index (χ0) is 13.9. The summed E-state index contributed by atoms with van der Waals surface area (Å²) < 4.78 is 5.45. The van der Waals surface area contributed by atoms with Gasteiger partial charge in [-0.1, -0.05) is 20.8 Å². The molecule has 0 aromatic carbocycles. The van der Waals surface area contributed by atoms with Crippen LogP contribution in [0, 0.1) is 25.2 Å². The van der Waals surface area contributed by atoms with Crippen molar-refractivity contribution in [3.05, 3.63) is 23.0 Å². The summed E-state index contributed by atoms with van der Waals surface area (Å²) in [6.07, 6.45) is 2.79. The maximum atomic E-state index is 5.90. The molecule has 1 aromatic rings. The molecular formula is C15H26N2O. The third kappa shape index (κ3) is 3.22.